The maximum absolute atomic E-state index is 6.00. The minimum absolute atomic E-state index is 0.437. The minimum atomic E-state index is 0.437. The van der Waals surface area contributed by atoms with E-state index in [0.717, 1.165) is 17.1 Å². The number of halogens is 2. The van der Waals surface area contributed by atoms with Crippen LogP contribution in [-0.4, -0.2) is 4.98 Å². The molecule has 1 nitrogen and oxygen atoms in total. The molecule has 2 rings (SSSR count). The van der Waals surface area contributed by atoms with Gasteiger partial charge in [0.1, 0.15) is 10.3 Å². The van der Waals surface area contributed by atoms with E-state index in [0.29, 0.717) is 10.3 Å². The summed E-state index contributed by atoms with van der Waals surface area (Å²) in [5, 5.41) is 0.935. The molecule has 88 valence electrons. The summed E-state index contributed by atoms with van der Waals surface area (Å²) in [5.74, 6) is 1.82. The molecular formula is C13H11Cl2NS. The number of rotatable bonds is 4. The fourth-order valence-corrected chi connectivity index (χ4v) is 2.88. The molecular weight excluding hydrogens is 273 g/mol. The van der Waals surface area contributed by atoms with Gasteiger partial charge in [0.25, 0.3) is 0 Å². The third-order valence-corrected chi connectivity index (χ3v) is 3.85. The van der Waals surface area contributed by atoms with E-state index in [1.807, 2.05) is 36.0 Å². The predicted octanol–water partition coefficient (Wildman–Crippen LogP) is 4.82. The van der Waals surface area contributed by atoms with E-state index in [1.165, 1.54) is 5.56 Å². The second-order valence-corrected chi connectivity index (χ2v) is 5.29. The molecule has 1 aromatic heterocycles. The number of pyridine rings is 1. The molecule has 0 atom stereocenters. The molecule has 0 bridgehead atoms. The quantitative estimate of drug-likeness (QED) is 0.746. The lowest BCUT2D eigenvalue weighted by Gasteiger charge is -2.04. The summed E-state index contributed by atoms with van der Waals surface area (Å²) < 4.78 is 0. The lowest BCUT2D eigenvalue weighted by Crippen LogP contribution is -1.87. The van der Waals surface area contributed by atoms with Gasteiger partial charge >= 0.3 is 0 Å². The smallest absolute Gasteiger partial charge is 0.134 e. The van der Waals surface area contributed by atoms with Crippen molar-refractivity contribution in [2.45, 2.75) is 11.5 Å². The van der Waals surface area contributed by atoms with Gasteiger partial charge in [-0.15, -0.1) is 0 Å². The minimum Gasteiger partial charge on any atom is -0.224 e. The summed E-state index contributed by atoms with van der Waals surface area (Å²) in [5.41, 5.74) is 2.34. The summed E-state index contributed by atoms with van der Waals surface area (Å²) in [6.45, 7) is 0. The van der Waals surface area contributed by atoms with Crippen molar-refractivity contribution in [2.75, 3.05) is 0 Å². The van der Waals surface area contributed by atoms with E-state index in [2.05, 4.69) is 17.1 Å². The van der Waals surface area contributed by atoms with Crippen LogP contribution < -0.4 is 0 Å². The molecule has 0 unspecified atom stereocenters. The standard InChI is InChI=1S/C13H11Cl2NS/c14-12-7-6-11(13(15)16-12)9-17-8-10-4-2-1-3-5-10/h1-7H,8-9H2. The van der Waals surface area contributed by atoms with Gasteiger partial charge in [-0.3, -0.25) is 0 Å². The van der Waals surface area contributed by atoms with Gasteiger partial charge in [0, 0.05) is 11.5 Å². The summed E-state index contributed by atoms with van der Waals surface area (Å²) in [7, 11) is 0. The van der Waals surface area contributed by atoms with Gasteiger partial charge in [-0.1, -0.05) is 59.6 Å². The first kappa shape index (κ1) is 12.7. The zero-order chi connectivity index (χ0) is 12.1. The Morgan fingerprint density at radius 3 is 2.41 bits per heavy atom. The zero-order valence-electron chi connectivity index (χ0n) is 9.07. The second kappa shape index (κ2) is 6.29. The van der Waals surface area contributed by atoms with Crippen LogP contribution >= 0.6 is 35.0 Å². The number of benzene rings is 1. The Labute approximate surface area is 115 Å². The highest BCUT2D eigenvalue weighted by atomic mass is 35.5. The summed E-state index contributed by atoms with van der Waals surface area (Å²) in [6, 6.07) is 14.1. The number of hydrogen-bond acceptors (Lipinski definition) is 2. The van der Waals surface area contributed by atoms with E-state index in [1.54, 1.807) is 6.07 Å². The fourth-order valence-electron chi connectivity index (χ4n) is 1.40. The average Bonchev–Trinajstić information content (AvgIpc) is 2.33. The highest BCUT2D eigenvalue weighted by Gasteiger charge is 2.03. The fraction of sp³-hybridized carbons (Fsp3) is 0.154. The van der Waals surface area contributed by atoms with Crippen molar-refractivity contribution in [3.63, 3.8) is 0 Å². The monoisotopic (exact) mass is 283 g/mol. The third kappa shape index (κ3) is 3.91. The third-order valence-electron chi connectivity index (χ3n) is 2.26. The molecule has 0 aliphatic carbocycles. The summed E-state index contributed by atoms with van der Waals surface area (Å²) >= 11 is 13.6. The van der Waals surface area contributed by atoms with Crippen molar-refractivity contribution in [3.8, 4) is 0 Å². The average molecular weight is 284 g/mol. The molecule has 0 aliphatic rings. The number of thioether (sulfide) groups is 1. The van der Waals surface area contributed by atoms with Crippen LogP contribution in [0.5, 0.6) is 0 Å². The molecule has 0 saturated carbocycles. The van der Waals surface area contributed by atoms with E-state index in [9.17, 15) is 0 Å². The number of nitrogens with zero attached hydrogens (tertiary/aromatic N) is 1. The van der Waals surface area contributed by atoms with Crippen molar-refractivity contribution < 1.29 is 0 Å². The Morgan fingerprint density at radius 1 is 0.941 bits per heavy atom. The molecule has 0 fully saturated rings. The molecule has 0 radical (unpaired) electrons. The zero-order valence-corrected chi connectivity index (χ0v) is 11.4. The van der Waals surface area contributed by atoms with Gasteiger partial charge in [-0.25, -0.2) is 4.98 Å². The molecule has 0 N–H and O–H groups in total. The summed E-state index contributed by atoms with van der Waals surface area (Å²) in [4.78, 5) is 4.02. The van der Waals surface area contributed by atoms with E-state index < -0.39 is 0 Å². The summed E-state index contributed by atoms with van der Waals surface area (Å²) in [6.07, 6.45) is 0. The van der Waals surface area contributed by atoms with Crippen molar-refractivity contribution in [3.05, 3.63) is 63.9 Å². The van der Waals surface area contributed by atoms with Crippen LogP contribution in [0, 0.1) is 0 Å². The van der Waals surface area contributed by atoms with Crippen LogP contribution in [0.25, 0.3) is 0 Å². The lowest BCUT2D eigenvalue weighted by molar-refractivity contribution is 1.25. The molecule has 1 heterocycles. The van der Waals surface area contributed by atoms with Gasteiger partial charge < -0.3 is 0 Å². The Bertz CT molecular complexity index is 488. The van der Waals surface area contributed by atoms with E-state index in [-0.39, 0.29) is 0 Å². The second-order valence-electron chi connectivity index (χ2n) is 3.56. The SMILES string of the molecule is Clc1ccc(CSCc2ccccc2)c(Cl)n1. The van der Waals surface area contributed by atoms with Gasteiger partial charge in [0.15, 0.2) is 0 Å². The molecule has 4 heteroatoms. The molecule has 0 spiro atoms. The Kier molecular flexibility index (Phi) is 4.72. The first-order chi connectivity index (χ1) is 8.25. The molecule has 0 saturated heterocycles. The van der Waals surface area contributed by atoms with Gasteiger partial charge in [-0.2, -0.15) is 11.8 Å². The Hall–Kier alpha value is -0.700. The molecule has 17 heavy (non-hydrogen) atoms. The first-order valence-corrected chi connectivity index (χ1v) is 7.09. The number of hydrogen-bond donors (Lipinski definition) is 0. The number of aromatic nitrogens is 1. The van der Waals surface area contributed by atoms with Crippen LogP contribution in [0.3, 0.4) is 0 Å². The van der Waals surface area contributed by atoms with Crippen LogP contribution in [0.15, 0.2) is 42.5 Å². The lowest BCUT2D eigenvalue weighted by atomic mass is 10.2. The normalized spacial score (nSPS) is 10.5. The van der Waals surface area contributed by atoms with Crippen LogP contribution in [0.4, 0.5) is 0 Å². The molecule has 0 aliphatic heterocycles. The molecule has 1 aromatic carbocycles. The molecule has 2 aromatic rings. The van der Waals surface area contributed by atoms with Crippen LogP contribution in [-0.2, 0) is 11.5 Å². The van der Waals surface area contributed by atoms with E-state index >= 15 is 0 Å². The largest absolute Gasteiger partial charge is 0.224 e. The van der Waals surface area contributed by atoms with Crippen LogP contribution in [0.2, 0.25) is 10.3 Å². The first-order valence-electron chi connectivity index (χ1n) is 5.18. The molecule has 0 amide bonds. The maximum Gasteiger partial charge on any atom is 0.134 e. The predicted molar refractivity (Wildman–Crippen MR) is 75.7 cm³/mol. The van der Waals surface area contributed by atoms with Crippen molar-refractivity contribution >= 4 is 35.0 Å². The van der Waals surface area contributed by atoms with Gasteiger partial charge in [0.05, 0.1) is 0 Å². The van der Waals surface area contributed by atoms with E-state index in [4.69, 9.17) is 23.2 Å². The van der Waals surface area contributed by atoms with Gasteiger partial charge in [0.2, 0.25) is 0 Å². The van der Waals surface area contributed by atoms with Crippen molar-refractivity contribution in [1.29, 1.82) is 0 Å². The van der Waals surface area contributed by atoms with Crippen LogP contribution in [0.1, 0.15) is 11.1 Å². The maximum atomic E-state index is 6.00. The van der Waals surface area contributed by atoms with Gasteiger partial charge in [-0.05, 0) is 17.2 Å². The Morgan fingerprint density at radius 2 is 1.71 bits per heavy atom. The van der Waals surface area contributed by atoms with Crippen molar-refractivity contribution in [2.24, 2.45) is 0 Å². The highest BCUT2D eigenvalue weighted by molar-refractivity contribution is 7.97. The topological polar surface area (TPSA) is 12.9 Å². The van der Waals surface area contributed by atoms with Crippen molar-refractivity contribution in [1.82, 2.24) is 4.98 Å². The Balaban J connectivity index is 1.90. The highest BCUT2D eigenvalue weighted by Crippen LogP contribution is 2.23.